The molecule has 0 saturated carbocycles. The Kier molecular flexibility index (Phi) is 5.57. The molecule has 1 aromatic carbocycles. The number of carbonyl (C=O) groups is 1. The van der Waals surface area contributed by atoms with Crippen LogP contribution in [0.2, 0.25) is 0 Å². The molecule has 0 saturated heterocycles. The number of Topliss-reactive ketones (excluding diaryl/α,β-unsaturated/α-hetero) is 1. The first-order valence-corrected chi connectivity index (χ1v) is 5.66. The quantitative estimate of drug-likeness (QED) is 0.567. The van der Waals surface area contributed by atoms with E-state index in [1.165, 1.54) is 0 Å². The van der Waals surface area contributed by atoms with Gasteiger partial charge in [0.25, 0.3) is 0 Å². The summed E-state index contributed by atoms with van der Waals surface area (Å²) in [6.45, 7) is 2.93. The number of ether oxygens (including phenoxy) is 1. The molecule has 1 rings (SSSR count). The highest BCUT2D eigenvalue weighted by molar-refractivity contribution is 5.79. The van der Waals surface area contributed by atoms with Gasteiger partial charge in [-0.2, -0.15) is 0 Å². The molecule has 0 aromatic heterocycles. The Bertz CT molecular complexity index is 319. The van der Waals surface area contributed by atoms with Crippen LogP contribution in [-0.4, -0.2) is 19.0 Å². The van der Waals surface area contributed by atoms with Gasteiger partial charge in [-0.15, -0.1) is 0 Å². The Morgan fingerprint density at radius 3 is 2.62 bits per heavy atom. The highest BCUT2D eigenvalue weighted by Gasteiger charge is 2.02. The minimum atomic E-state index is 0.158. The molecule has 0 bridgehead atoms. The van der Waals surface area contributed by atoms with E-state index in [2.05, 4.69) is 0 Å². The predicted molar refractivity (Wildman–Crippen MR) is 65.3 cm³/mol. The Morgan fingerprint density at radius 1 is 1.31 bits per heavy atom. The zero-order valence-electron chi connectivity index (χ0n) is 9.74. The van der Waals surface area contributed by atoms with E-state index in [4.69, 9.17) is 10.5 Å². The predicted octanol–water partition coefficient (Wildman–Crippen LogP) is 2.20. The van der Waals surface area contributed by atoms with Crippen LogP contribution in [0.25, 0.3) is 0 Å². The molecule has 0 aliphatic heterocycles. The number of nitrogens with two attached hydrogens (primary N) is 1. The van der Waals surface area contributed by atoms with Crippen LogP contribution in [-0.2, 0) is 16.0 Å². The summed E-state index contributed by atoms with van der Waals surface area (Å²) in [5.41, 5.74) is 7.47. The number of aryl methyl sites for hydroxylation is 1. The summed E-state index contributed by atoms with van der Waals surface area (Å²) >= 11 is 0. The molecule has 0 fully saturated rings. The van der Waals surface area contributed by atoms with Crippen LogP contribution in [0.5, 0.6) is 0 Å². The third kappa shape index (κ3) is 4.94. The molecule has 88 valence electrons. The number of carbonyl (C=O) groups excluding carboxylic acids is 1. The van der Waals surface area contributed by atoms with Crippen LogP contribution < -0.4 is 5.73 Å². The molecule has 1 aromatic rings. The van der Waals surface area contributed by atoms with Gasteiger partial charge in [0.05, 0.1) is 0 Å². The van der Waals surface area contributed by atoms with Crippen LogP contribution in [0.15, 0.2) is 24.3 Å². The van der Waals surface area contributed by atoms with Gasteiger partial charge in [-0.3, -0.25) is 4.79 Å². The molecule has 0 radical (unpaired) electrons. The lowest BCUT2D eigenvalue weighted by atomic mass is 10.1. The fourth-order valence-corrected chi connectivity index (χ4v) is 1.37. The van der Waals surface area contributed by atoms with Crippen molar-refractivity contribution in [3.8, 4) is 0 Å². The van der Waals surface area contributed by atoms with Crippen molar-refractivity contribution in [3.05, 3.63) is 29.8 Å². The number of anilines is 1. The standard InChI is InChI=1S/C13H19NO2/c1-2-9-16-10-13(15)8-5-11-3-6-12(14)7-4-11/h3-4,6-7H,2,5,8-10,14H2,1H3. The Hall–Kier alpha value is -1.35. The Labute approximate surface area is 96.6 Å². The highest BCUT2D eigenvalue weighted by atomic mass is 16.5. The van der Waals surface area contributed by atoms with Crippen molar-refractivity contribution < 1.29 is 9.53 Å². The van der Waals surface area contributed by atoms with Crippen LogP contribution in [0.4, 0.5) is 5.69 Å². The van der Waals surface area contributed by atoms with Gasteiger partial charge in [0.15, 0.2) is 5.78 Å². The van der Waals surface area contributed by atoms with E-state index < -0.39 is 0 Å². The van der Waals surface area contributed by atoms with Crippen molar-refractivity contribution >= 4 is 11.5 Å². The number of rotatable bonds is 7. The lowest BCUT2D eigenvalue weighted by molar-refractivity contribution is -0.123. The summed E-state index contributed by atoms with van der Waals surface area (Å²) in [6, 6.07) is 7.62. The van der Waals surface area contributed by atoms with Crippen molar-refractivity contribution in [1.82, 2.24) is 0 Å². The second-order valence-electron chi connectivity index (χ2n) is 3.83. The fourth-order valence-electron chi connectivity index (χ4n) is 1.37. The molecule has 0 unspecified atom stereocenters. The Morgan fingerprint density at radius 2 is 2.00 bits per heavy atom. The lowest BCUT2D eigenvalue weighted by Gasteiger charge is -2.03. The van der Waals surface area contributed by atoms with Crippen LogP contribution in [0, 0.1) is 0 Å². The van der Waals surface area contributed by atoms with Crippen LogP contribution in [0.1, 0.15) is 25.3 Å². The average molecular weight is 221 g/mol. The van der Waals surface area contributed by atoms with E-state index in [-0.39, 0.29) is 12.4 Å². The molecular formula is C13H19NO2. The van der Waals surface area contributed by atoms with Crippen molar-refractivity contribution in [2.75, 3.05) is 18.9 Å². The third-order valence-corrected chi connectivity index (χ3v) is 2.28. The van der Waals surface area contributed by atoms with Crippen molar-refractivity contribution in [3.63, 3.8) is 0 Å². The fraction of sp³-hybridized carbons (Fsp3) is 0.462. The van der Waals surface area contributed by atoms with Gasteiger partial charge in [0.1, 0.15) is 6.61 Å². The SMILES string of the molecule is CCCOCC(=O)CCc1ccc(N)cc1. The van der Waals surface area contributed by atoms with E-state index in [0.29, 0.717) is 13.0 Å². The molecule has 0 spiro atoms. The van der Waals surface area contributed by atoms with Crippen molar-refractivity contribution in [2.45, 2.75) is 26.2 Å². The molecule has 0 aliphatic rings. The smallest absolute Gasteiger partial charge is 0.158 e. The van der Waals surface area contributed by atoms with Gasteiger partial charge in [-0.05, 0) is 30.5 Å². The maximum Gasteiger partial charge on any atom is 0.158 e. The second-order valence-corrected chi connectivity index (χ2v) is 3.83. The molecule has 3 nitrogen and oxygen atoms in total. The van der Waals surface area contributed by atoms with Crippen LogP contribution in [0.3, 0.4) is 0 Å². The van der Waals surface area contributed by atoms with E-state index in [1.807, 2.05) is 31.2 Å². The van der Waals surface area contributed by atoms with E-state index in [0.717, 1.165) is 24.1 Å². The summed E-state index contributed by atoms with van der Waals surface area (Å²) in [7, 11) is 0. The number of nitrogen functional groups attached to an aromatic ring is 1. The van der Waals surface area contributed by atoms with E-state index >= 15 is 0 Å². The number of hydrogen-bond donors (Lipinski definition) is 1. The van der Waals surface area contributed by atoms with Gasteiger partial charge >= 0.3 is 0 Å². The summed E-state index contributed by atoms with van der Waals surface area (Å²) in [5.74, 6) is 0.158. The van der Waals surface area contributed by atoms with E-state index in [9.17, 15) is 4.79 Å². The maximum absolute atomic E-state index is 11.4. The molecule has 0 amide bonds. The van der Waals surface area contributed by atoms with Gasteiger partial charge in [0.2, 0.25) is 0 Å². The number of benzene rings is 1. The molecule has 0 heterocycles. The summed E-state index contributed by atoms with van der Waals surface area (Å²) < 4.78 is 5.18. The zero-order chi connectivity index (χ0) is 11.8. The highest BCUT2D eigenvalue weighted by Crippen LogP contribution is 2.07. The lowest BCUT2D eigenvalue weighted by Crippen LogP contribution is -2.10. The van der Waals surface area contributed by atoms with Gasteiger partial charge in [0, 0.05) is 18.7 Å². The zero-order valence-corrected chi connectivity index (χ0v) is 9.74. The molecule has 0 aliphatic carbocycles. The summed E-state index contributed by atoms with van der Waals surface area (Å²) in [4.78, 5) is 11.4. The van der Waals surface area contributed by atoms with Crippen molar-refractivity contribution in [1.29, 1.82) is 0 Å². The second kappa shape index (κ2) is 7.01. The Balaban J connectivity index is 2.23. The maximum atomic E-state index is 11.4. The minimum Gasteiger partial charge on any atom is -0.399 e. The first kappa shape index (κ1) is 12.7. The minimum absolute atomic E-state index is 0.158. The molecule has 2 N–H and O–H groups in total. The first-order valence-electron chi connectivity index (χ1n) is 5.66. The molecular weight excluding hydrogens is 202 g/mol. The summed E-state index contributed by atoms with van der Waals surface area (Å²) in [5, 5.41) is 0. The summed E-state index contributed by atoms with van der Waals surface area (Å²) in [6.07, 6.45) is 2.24. The topological polar surface area (TPSA) is 52.3 Å². The first-order chi connectivity index (χ1) is 7.72. The molecule has 16 heavy (non-hydrogen) atoms. The largest absolute Gasteiger partial charge is 0.399 e. The average Bonchev–Trinajstić information content (AvgIpc) is 2.29. The van der Waals surface area contributed by atoms with Crippen molar-refractivity contribution in [2.24, 2.45) is 0 Å². The number of hydrogen-bond acceptors (Lipinski definition) is 3. The monoisotopic (exact) mass is 221 g/mol. The molecule has 0 atom stereocenters. The third-order valence-electron chi connectivity index (χ3n) is 2.28. The van der Waals surface area contributed by atoms with Gasteiger partial charge in [-0.1, -0.05) is 19.1 Å². The molecule has 3 heteroatoms. The number of ketones is 1. The van der Waals surface area contributed by atoms with Gasteiger partial charge < -0.3 is 10.5 Å². The normalized spacial score (nSPS) is 10.3. The van der Waals surface area contributed by atoms with Crippen LogP contribution >= 0.6 is 0 Å². The van der Waals surface area contributed by atoms with E-state index in [1.54, 1.807) is 0 Å². The van der Waals surface area contributed by atoms with Gasteiger partial charge in [-0.25, -0.2) is 0 Å².